The van der Waals surface area contributed by atoms with Crippen LogP contribution in [-0.2, 0) is 6.42 Å². The van der Waals surface area contributed by atoms with Crippen molar-refractivity contribution in [3.8, 4) is 11.5 Å². The molecule has 0 fully saturated rings. The maximum atomic E-state index is 5.36. The second-order valence-corrected chi connectivity index (χ2v) is 5.37. The maximum absolute atomic E-state index is 5.36. The van der Waals surface area contributed by atoms with E-state index < -0.39 is 0 Å². The van der Waals surface area contributed by atoms with Crippen molar-refractivity contribution in [3.05, 3.63) is 46.2 Å². The van der Waals surface area contributed by atoms with Gasteiger partial charge < -0.3 is 14.8 Å². The molecule has 20 heavy (non-hydrogen) atoms. The van der Waals surface area contributed by atoms with E-state index >= 15 is 0 Å². The predicted molar refractivity (Wildman–Crippen MR) is 84.0 cm³/mol. The zero-order chi connectivity index (χ0) is 14.4. The van der Waals surface area contributed by atoms with Crippen LogP contribution in [0.3, 0.4) is 0 Å². The first kappa shape index (κ1) is 14.9. The Hall–Kier alpha value is -1.52. The summed E-state index contributed by atoms with van der Waals surface area (Å²) < 4.78 is 10.7. The summed E-state index contributed by atoms with van der Waals surface area (Å²) in [5, 5.41) is 7.85. The van der Waals surface area contributed by atoms with Gasteiger partial charge in [-0.2, -0.15) is 11.3 Å². The lowest BCUT2D eigenvalue weighted by molar-refractivity contribution is 0.391. The molecule has 0 spiro atoms. The highest BCUT2D eigenvalue weighted by Crippen LogP contribution is 2.28. The van der Waals surface area contributed by atoms with E-state index in [2.05, 4.69) is 41.2 Å². The summed E-state index contributed by atoms with van der Waals surface area (Å²) in [7, 11) is 3.36. The third-order valence-corrected chi connectivity index (χ3v) is 3.98. The van der Waals surface area contributed by atoms with Gasteiger partial charge >= 0.3 is 0 Å². The predicted octanol–water partition coefficient (Wildman–Crippen LogP) is 3.66. The van der Waals surface area contributed by atoms with Gasteiger partial charge in [0.15, 0.2) is 0 Å². The molecule has 4 heteroatoms. The molecule has 0 aliphatic heterocycles. The summed E-state index contributed by atoms with van der Waals surface area (Å²) in [6, 6.07) is 8.48. The number of ether oxygens (including phenoxy) is 2. The van der Waals surface area contributed by atoms with Crippen LogP contribution in [0, 0.1) is 0 Å². The van der Waals surface area contributed by atoms with Crippen molar-refractivity contribution >= 4 is 11.3 Å². The standard InChI is InChI=1S/C16H21NO2S/c1-4-17-16(7-12-5-6-20-11-12)13-8-14(18-2)10-15(9-13)19-3/h5-6,8-11,16-17H,4,7H2,1-3H3. The number of thiophene rings is 1. The lowest BCUT2D eigenvalue weighted by Crippen LogP contribution is -2.22. The molecule has 1 aromatic heterocycles. The van der Waals surface area contributed by atoms with E-state index in [-0.39, 0.29) is 6.04 Å². The Morgan fingerprint density at radius 1 is 1.15 bits per heavy atom. The Morgan fingerprint density at radius 3 is 2.35 bits per heavy atom. The van der Waals surface area contributed by atoms with Crippen molar-refractivity contribution in [2.75, 3.05) is 20.8 Å². The summed E-state index contributed by atoms with van der Waals surface area (Å²) >= 11 is 1.73. The molecular formula is C16H21NO2S. The Labute approximate surface area is 124 Å². The number of nitrogens with one attached hydrogen (secondary N) is 1. The first-order valence-electron chi connectivity index (χ1n) is 6.74. The molecule has 0 bridgehead atoms. The minimum Gasteiger partial charge on any atom is -0.497 e. The first-order valence-corrected chi connectivity index (χ1v) is 7.68. The zero-order valence-corrected chi connectivity index (χ0v) is 13.0. The molecular weight excluding hydrogens is 270 g/mol. The van der Waals surface area contributed by atoms with Crippen LogP contribution in [0.25, 0.3) is 0 Å². The molecule has 0 radical (unpaired) electrons. The van der Waals surface area contributed by atoms with Crippen molar-refractivity contribution in [2.45, 2.75) is 19.4 Å². The molecule has 108 valence electrons. The van der Waals surface area contributed by atoms with E-state index in [1.54, 1.807) is 25.6 Å². The third kappa shape index (κ3) is 3.74. The minimum atomic E-state index is 0.263. The molecule has 1 N–H and O–H groups in total. The summed E-state index contributed by atoms with van der Waals surface area (Å²) in [4.78, 5) is 0. The SMILES string of the molecule is CCNC(Cc1ccsc1)c1cc(OC)cc(OC)c1. The molecule has 0 aliphatic rings. The minimum absolute atomic E-state index is 0.263. The van der Waals surface area contributed by atoms with Gasteiger partial charge in [0.25, 0.3) is 0 Å². The smallest absolute Gasteiger partial charge is 0.122 e. The van der Waals surface area contributed by atoms with Crippen LogP contribution < -0.4 is 14.8 Å². The van der Waals surface area contributed by atoms with Crippen LogP contribution in [0.15, 0.2) is 35.0 Å². The van der Waals surface area contributed by atoms with Gasteiger partial charge in [-0.05, 0) is 53.1 Å². The van der Waals surface area contributed by atoms with Gasteiger partial charge in [-0.3, -0.25) is 0 Å². The van der Waals surface area contributed by atoms with Crippen LogP contribution in [0.2, 0.25) is 0 Å². The van der Waals surface area contributed by atoms with E-state index in [0.717, 1.165) is 24.5 Å². The quantitative estimate of drug-likeness (QED) is 0.844. The number of hydrogen-bond donors (Lipinski definition) is 1. The fraction of sp³-hybridized carbons (Fsp3) is 0.375. The molecule has 1 heterocycles. The van der Waals surface area contributed by atoms with E-state index in [1.165, 1.54) is 11.1 Å². The molecule has 0 saturated carbocycles. The third-order valence-electron chi connectivity index (χ3n) is 3.25. The lowest BCUT2D eigenvalue weighted by atomic mass is 10.00. The lowest BCUT2D eigenvalue weighted by Gasteiger charge is -2.19. The Bertz CT molecular complexity index is 503. The number of hydrogen-bond acceptors (Lipinski definition) is 4. The average molecular weight is 291 g/mol. The van der Waals surface area contributed by atoms with E-state index in [4.69, 9.17) is 9.47 Å². The van der Waals surface area contributed by atoms with Gasteiger partial charge in [0.1, 0.15) is 11.5 Å². The summed E-state index contributed by atoms with van der Waals surface area (Å²) in [6.45, 7) is 3.05. The Morgan fingerprint density at radius 2 is 1.85 bits per heavy atom. The van der Waals surface area contributed by atoms with Crippen molar-refractivity contribution in [3.63, 3.8) is 0 Å². The number of rotatable bonds is 7. The molecule has 0 saturated heterocycles. The fourth-order valence-corrected chi connectivity index (χ4v) is 2.91. The van der Waals surface area contributed by atoms with E-state index in [1.807, 2.05) is 6.07 Å². The van der Waals surface area contributed by atoms with Gasteiger partial charge in [0.2, 0.25) is 0 Å². The summed E-state index contributed by atoms with van der Waals surface area (Å²) in [5.74, 6) is 1.65. The molecule has 2 rings (SSSR count). The molecule has 0 amide bonds. The molecule has 0 aliphatic carbocycles. The second-order valence-electron chi connectivity index (χ2n) is 4.59. The number of methoxy groups -OCH3 is 2. The van der Waals surface area contributed by atoms with Crippen molar-refractivity contribution in [1.82, 2.24) is 5.32 Å². The zero-order valence-electron chi connectivity index (χ0n) is 12.2. The van der Waals surface area contributed by atoms with Gasteiger partial charge in [-0.15, -0.1) is 0 Å². The van der Waals surface area contributed by atoms with Gasteiger partial charge in [-0.1, -0.05) is 6.92 Å². The molecule has 2 aromatic rings. The van der Waals surface area contributed by atoms with Crippen molar-refractivity contribution in [2.24, 2.45) is 0 Å². The Kier molecular flexibility index (Phi) is 5.44. The van der Waals surface area contributed by atoms with E-state index in [9.17, 15) is 0 Å². The van der Waals surface area contributed by atoms with Gasteiger partial charge in [0.05, 0.1) is 14.2 Å². The van der Waals surface area contributed by atoms with Gasteiger partial charge in [-0.25, -0.2) is 0 Å². The van der Waals surface area contributed by atoms with Crippen molar-refractivity contribution < 1.29 is 9.47 Å². The van der Waals surface area contributed by atoms with Gasteiger partial charge in [0, 0.05) is 12.1 Å². The largest absolute Gasteiger partial charge is 0.497 e. The molecule has 1 aromatic carbocycles. The number of benzene rings is 1. The molecule has 3 nitrogen and oxygen atoms in total. The summed E-state index contributed by atoms with van der Waals surface area (Å²) in [6.07, 6.45) is 0.966. The Balaban J connectivity index is 2.27. The normalized spacial score (nSPS) is 12.2. The highest BCUT2D eigenvalue weighted by atomic mass is 32.1. The van der Waals surface area contributed by atoms with Crippen LogP contribution in [0.4, 0.5) is 0 Å². The monoisotopic (exact) mass is 291 g/mol. The highest BCUT2D eigenvalue weighted by molar-refractivity contribution is 7.07. The topological polar surface area (TPSA) is 30.5 Å². The fourth-order valence-electron chi connectivity index (χ4n) is 2.23. The van der Waals surface area contributed by atoms with E-state index in [0.29, 0.717) is 0 Å². The van der Waals surface area contributed by atoms with Crippen LogP contribution >= 0.6 is 11.3 Å². The first-order chi connectivity index (χ1) is 9.76. The maximum Gasteiger partial charge on any atom is 0.122 e. The van der Waals surface area contributed by atoms with Crippen molar-refractivity contribution in [1.29, 1.82) is 0 Å². The summed E-state index contributed by atoms with van der Waals surface area (Å²) in [5.41, 5.74) is 2.54. The van der Waals surface area contributed by atoms with Crippen LogP contribution in [0.5, 0.6) is 11.5 Å². The molecule has 1 unspecified atom stereocenters. The highest BCUT2D eigenvalue weighted by Gasteiger charge is 2.14. The number of likely N-dealkylation sites (N-methyl/N-ethyl adjacent to an activating group) is 1. The molecule has 1 atom stereocenters. The second kappa shape index (κ2) is 7.31. The average Bonchev–Trinajstić information content (AvgIpc) is 2.99. The van der Waals surface area contributed by atoms with Crippen LogP contribution in [-0.4, -0.2) is 20.8 Å². The van der Waals surface area contributed by atoms with Crippen LogP contribution in [0.1, 0.15) is 24.1 Å².